The van der Waals surface area contributed by atoms with E-state index in [0.717, 1.165) is 10.6 Å². The summed E-state index contributed by atoms with van der Waals surface area (Å²) in [5.74, 6) is -0.898. The Labute approximate surface area is 162 Å². The summed E-state index contributed by atoms with van der Waals surface area (Å²) in [6.07, 6.45) is 1.22. The number of benzene rings is 1. The lowest BCUT2D eigenvalue weighted by molar-refractivity contribution is -0.137. The Morgan fingerprint density at radius 3 is 2.56 bits per heavy atom. The molecule has 3 rings (SSSR count). The van der Waals surface area contributed by atoms with E-state index in [4.69, 9.17) is 16.7 Å². The third kappa shape index (κ3) is 4.06. The maximum Gasteiger partial charge on any atom is 0.277 e. The number of hydrogen-bond donors (Lipinski definition) is 2. The van der Waals surface area contributed by atoms with Crippen molar-refractivity contribution in [1.29, 1.82) is 0 Å². The van der Waals surface area contributed by atoms with Crippen LogP contribution < -0.4 is 10.2 Å². The summed E-state index contributed by atoms with van der Waals surface area (Å²) in [5, 5.41) is 12.5. The SMILES string of the molecule is CC(=O)N1CCN(c2ccc(Cl)cc2NC2=CC(=O)N(CCO)C2=O)CC1. The molecule has 144 valence electrons. The fraction of sp³-hybridized carbons (Fsp3) is 0.389. The van der Waals surface area contributed by atoms with Gasteiger partial charge in [-0.25, -0.2) is 0 Å². The lowest BCUT2D eigenvalue weighted by Gasteiger charge is -2.36. The Balaban J connectivity index is 1.80. The Kier molecular flexibility index (Phi) is 5.67. The zero-order valence-corrected chi connectivity index (χ0v) is 15.7. The predicted octanol–water partition coefficient (Wildman–Crippen LogP) is 0.665. The van der Waals surface area contributed by atoms with Crippen LogP contribution in [0.1, 0.15) is 6.92 Å². The summed E-state index contributed by atoms with van der Waals surface area (Å²) in [6, 6.07) is 5.30. The number of aliphatic hydroxyl groups excluding tert-OH is 1. The van der Waals surface area contributed by atoms with Crippen LogP contribution in [0, 0.1) is 0 Å². The lowest BCUT2D eigenvalue weighted by Crippen LogP contribution is -2.48. The lowest BCUT2D eigenvalue weighted by atomic mass is 10.2. The number of anilines is 2. The first-order valence-electron chi connectivity index (χ1n) is 8.66. The average molecular weight is 393 g/mol. The van der Waals surface area contributed by atoms with Crippen molar-refractivity contribution in [1.82, 2.24) is 9.80 Å². The summed E-state index contributed by atoms with van der Waals surface area (Å²) in [6.45, 7) is 3.74. The van der Waals surface area contributed by atoms with Gasteiger partial charge < -0.3 is 20.2 Å². The van der Waals surface area contributed by atoms with Gasteiger partial charge in [0.1, 0.15) is 5.70 Å². The number of piperazine rings is 1. The topological polar surface area (TPSA) is 93.2 Å². The molecular weight excluding hydrogens is 372 g/mol. The molecule has 2 aliphatic rings. The second-order valence-electron chi connectivity index (χ2n) is 6.36. The molecule has 1 saturated heterocycles. The van der Waals surface area contributed by atoms with Gasteiger partial charge in [-0.05, 0) is 18.2 Å². The highest BCUT2D eigenvalue weighted by Gasteiger charge is 2.31. The number of β-amino-alcohol motifs (C(OH)–C–C–N with tert-alkyl or cyclic N) is 1. The number of amides is 3. The number of halogens is 1. The summed E-state index contributed by atoms with van der Waals surface area (Å²) < 4.78 is 0. The number of carbonyl (C=O) groups excluding carboxylic acids is 3. The van der Waals surface area contributed by atoms with E-state index < -0.39 is 11.8 Å². The molecule has 9 heteroatoms. The van der Waals surface area contributed by atoms with Gasteiger partial charge in [0, 0.05) is 44.2 Å². The van der Waals surface area contributed by atoms with Gasteiger partial charge in [-0.3, -0.25) is 19.3 Å². The van der Waals surface area contributed by atoms with Gasteiger partial charge in [0.15, 0.2) is 0 Å². The number of hydrogen-bond acceptors (Lipinski definition) is 6. The minimum Gasteiger partial charge on any atom is -0.395 e. The number of rotatable bonds is 5. The normalized spacial score (nSPS) is 17.4. The third-order valence-corrected chi connectivity index (χ3v) is 4.86. The van der Waals surface area contributed by atoms with Gasteiger partial charge in [-0.1, -0.05) is 11.6 Å². The zero-order chi connectivity index (χ0) is 19.6. The van der Waals surface area contributed by atoms with Crippen LogP contribution in [0.2, 0.25) is 5.02 Å². The molecule has 3 amide bonds. The Hall–Kier alpha value is -2.58. The van der Waals surface area contributed by atoms with Crippen molar-refractivity contribution in [3.63, 3.8) is 0 Å². The van der Waals surface area contributed by atoms with Crippen LogP contribution in [0.15, 0.2) is 30.0 Å². The zero-order valence-electron chi connectivity index (χ0n) is 14.9. The van der Waals surface area contributed by atoms with Crippen LogP contribution in [0.5, 0.6) is 0 Å². The standard InChI is InChI=1S/C18H21ClN4O4/c1-12(25)21-4-6-22(7-5-21)16-3-2-13(19)10-14(16)20-15-11-17(26)23(8-9-24)18(15)27/h2-3,10-11,20,24H,4-9H2,1H3. The summed E-state index contributed by atoms with van der Waals surface area (Å²) >= 11 is 6.12. The van der Waals surface area contributed by atoms with E-state index >= 15 is 0 Å². The van der Waals surface area contributed by atoms with Crippen LogP contribution >= 0.6 is 11.6 Å². The number of aliphatic hydroxyl groups is 1. The Morgan fingerprint density at radius 1 is 1.22 bits per heavy atom. The van der Waals surface area contributed by atoms with Crippen LogP contribution in [-0.2, 0) is 14.4 Å². The van der Waals surface area contributed by atoms with Crippen molar-refractivity contribution >= 4 is 40.7 Å². The first-order valence-corrected chi connectivity index (χ1v) is 9.04. The van der Waals surface area contributed by atoms with Crippen molar-refractivity contribution in [2.75, 3.05) is 49.5 Å². The molecule has 0 bridgehead atoms. The fourth-order valence-electron chi connectivity index (χ4n) is 3.20. The molecule has 0 spiro atoms. The molecule has 2 heterocycles. The summed E-state index contributed by atoms with van der Waals surface area (Å²) in [5.41, 5.74) is 1.58. The van der Waals surface area contributed by atoms with Crippen LogP contribution in [0.4, 0.5) is 11.4 Å². The van der Waals surface area contributed by atoms with Crippen molar-refractivity contribution < 1.29 is 19.5 Å². The maximum absolute atomic E-state index is 12.4. The number of nitrogens with zero attached hydrogens (tertiary/aromatic N) is 3. The molecule has 2 aliphatic heterocycles. The first-order chi connectivity index (χ1) is 12.9. The largest absolute Gasteiger partial charge is 0.395 e. The van der Waals surface area contributed by atoms with Crippen LogP contribution in [0.25, 0.3) is 0 Å². The van der Waals surface area contributed by atoms with Crippen molar-refractivity contribution in [2.24, 2.45) is 0 Å². The molecule has 0 saturated carbocycles. The van der Waals surface area contributed by atoms with Gasteiger partial charge in [0.05, 0.1) is 24.5 Å². The highest BCUT2D eigenvalue weighted by Crippen LogP contribution is 2.32. The highest BCUT2D eigenvalue weighted by atomic mass is 35.5. The van der Waals surface area contributed by atoms with Crippen molar-refractivity contribution in [3.05, 3.63) is 35.0 Å². The predicted molar refractivity (Wildman–Crippen MR) is 101 cm³/mol. The Morgan fingerprint density at radius 2 is 1.93 bits per heavy atom. The maximum atomic E-state index is 12.4. The van der Waals surface area contributed by atoms with E-state index in [0.29, 0.717) is 36.9 Å². The van der Waals surface area contributed by atoms with E-state index in [1.807, 2.05) is 6.07 Å². The molecule has 8 nitrogen and oxygen atoms in total. The van der Waals surface area contributed by atoms with Gasteiger partial charge in [-0.15, -0.1) is 0 Å². The molecule has 1 aromatic carbocycles. The van der Waals surface area contributed by atoms with E-state index in [1.54, 1.807) is 24.0 Å². The van der Waals surface area contributed by atoms with Crippen LogP contribution in [-0.4, -0.2) is 72.0 Å². The van der Waals surface area contributed by atoms with E-state index in [-0.39, 0.29) is 24.8 Å². The van der Waals surface area contributed by atoms with Crippen molar-refractivity contribution in [3.8, 4) is 0 Å². The molecule has 0 unspecified atom stereocenters. The smallest absolute Gasteiger partial charge is 0.277 e. The van der Waals surface area contributed by atoms with E-state index in [9.17, 15) is 14.4 Å². The molecule has 0 aliphatic carbocycles. The molecule has 0 atom stereocenters. The molecule has 1 fully saturated rings. The fourth-order valence-corrected chi connectivity index (χ4v) is 3.37. The monoisotopic (exact) mass is 392 g/mol. The molecule has 1 aromatic rings. The quantitative estimate of drug-likeness (QED) is 0.715. The van der Waals surface area contributed by atoms with Gasteiger partial charge in [-0.2, -0.15) is 0 Å². The van der Waals surface area contributed by atoms with Gasteiger partial charge >= 0.3 is 0 Å². The Bertz CT molecular complexity index is 803. The summed E-state index contributed by atoms with van der Waals surface area (Å²) in [7, 11) is 0. The van der Waals surface area contributed by atoms with Crippen LogP contribution in [0.3, 0.4) is 0 Å². The minimum atomic E-state index is -0.485. The summed E-state index contributed by atoms with van der Waals surface area (Å²) in [4.78, 5) is 40.7. The molecule has 27 heavy (non-hydrogen) atoms. The number of carbonyl (C=O) groups is 3. The number of nitrogens with one attached hydrogen (secondary N) is 1. The minimum absolute atomic E-state index is 0.0469. The van der Waals surface area contributed by atoms with Gasteiger partial charge in [0.2, 0.25) is 5.91 Å². The highest BCUT2D eigenvalue weighted by molar-refractivity contribution is 6.31. The number of imide groups is 1. The van der Waals surface area contributed by atoms with E-state index in [1.165, 1.54) is 6.08 Å². The second-order valence-corrected chi connectivity index (χ2v) is 6.79. The van der Waals surface area contributed by atoms with E-state index in [2.05, 4.69) is 10.2 Å². The molecular formula is C18H21ClN4O4. The third-order valence-electron chi connectivity index (χ3n) is 4.63. The molecule has 2 N–H and O–H groups in total. The molecule has 0 radical (unpaired) electrons. The van der Waals surface area contributed by atoms with Gasteiger partial charge in [0.25, 0.3) is 11.8 Å². The first kappa shape index (κ1) is 19.2. The average Bonchev–Trinajstić information content (AvgIpc) is 2.90. The van der Waals surface area contributed by atoms with Crippen molar-refractivity contribution in [2.45, 2.75) is 6.92 Å². The molecule has 0 aromatic heterocycles. The second kappa shape index (κ2) is 7.98.